The summed E-state index contributed by atoms with van der Waals surface area (Å²) in [7, 11) is 0.984. The van der Waals surface area contributed by atoms with E-state index in [1.54, 1.807) is 0 Å². The fourth-order valence-corrected chi connectivity index (χ4v) is 2.28. The van der Waals surface area contributed by atoms with Gasteiger partial charge in [0.1, 0.15) is 0 Å². The summed E-state index contributed by atoms with van der Waals surface area (Å²) >= 11 is 0. The van der Waals surface area contributed by atoms with Crippen LogP contribution in [0.4, 0.5) is 0 Å². The largest absolute Gasteiger partial charge is 0.351 e. The Labute approximate surface area is 134 Å². The molecule has 3 N–H and O–H groups in total. The van der Waals surface area contributed by atoms with Crippen LogP contribution in [0.3, 0.4) is 0 Å². The van der Waals surface area contributed by atoms with Crippen molar-refractivity contribution in [1.29, 1.82) is 0 Å². The summed E-state index contributed by atoms with van der Waals surface area (Å²) < 4.78 is 0. The van der Waals surface area contributed by atoms with E-state index in [2.05, 4.69) is 67.2 Å². The molecule has 0 aromatic heterocycles. The van der Waals surface area contributed by atoms with Crippen LogP contribution in [0.25, 0.3) is 0 Å². The molecule has 0 spiro atoms. The highest BCUT2D eigenvalue weighted by atomic mass is 15.5. The third-order valence-electron chi connectivity index (χ3n) is 5.14. The van der Waals surface area contributed by atoms with Crippen LogP contribution in [0.15, 0.2) is 12.2 Å². The lowest BCUT2D eigenvalue weighted by Crippen LogP contribution is -2.60. The first-order chi connectivity index (χ1) is 9.52. The molecule has 0 radical (unpaired) electrons. The van der Waals surface area contributed by atoms with Crippen LogP contribution >= 0.6 is 0 Å². The maximum Gasteiger partial charge on any atom is 0.207 e. The van der Waals surface area contributed by atoms with Crippen molar-refractivity contribution in [3.8, 4) is 0 Å². The van der Waals surface area contributed by atoms with Gasteiger partial charge in [0, 0.05) is 17.6 Å². The van der Waals surface area contributed by atoms with Gasteiger partial charge in [-0.2, -0.15) is 0 Å². The molecule has 0 bridgehead atoms. The van der Waals surface area contributed by atoms with Gasteiger partial charge in [-0.3, -0.25) is 5.84 Å². The van der Waals surface area contributed by atoms with Crippen molar-refractivity contribution in [2.24, 2.45) is 5.84 Å². The lowest BCUT2D eigenvalue weighted by molar-refractivity contribution is 0.0625. The molecule has 0 heterocycles. The fraction of sp³-hybridized carbons (Fsp3) is 0.882. The number of hydrazine groups is 1. The molecule has 124 valence electrons. The zero-order valence-electron chi connectivity index (χ0n) is 15.7. The second-order valence-electron chi connectivity index (χ2n) is 7.70. The molecule has 2 unspecified atom stereocenters. The van der Waals surface area contributed by atoms with Crippen LogP contribution in [-0.2, 0) is 0 Å². The van der Waals surface area contributed by atoms with Crippen molar-refractivity contribution in [3.05, 3.63) is 12.2 Å². The lowest BCUT2D eigenvalue weighted by atomic mass is 9.60. The molecule has 0 aromatic carbocycles. The molecule has 2 atom stereocenters. The third kappa shape index (κ3) is 6.13. The van der Waals surface area contributed by atoms with E-state index in [0.717, 1.165) is 26.7 Å². The number of nitrogens with zero attached hydrogens (tertiary/aromatic N) is 1. The Balaban J connectivity index is 5.03. The molecule has 0 rings (SSSR count). The van der Waals surface area contributed by atoms with Crippen LogP contribution < -0.4 is 11.1 Å². The third-order valence-corrected chi connectivity index (χ3v) is 5.14. The maximum atomic E-state index is 6.42. The van der Waals surface area contributed by atoms with Crippen molar-refractivity contribution in [2.75, 3.05) is 0 Å². The minimum absolute atomic E-state index is 0.00631. The Bertz CT molecular complexity index is 326. The monoisotopic (exact) mass is 295 g/mol. The highest BCUT2D eigenvalue weighted by Gasteiger charge is 2.32. The summed E-state index contributed by atoms with van der Waals surface area (Å²) in [5, 5.41) is 6.02. The normalized spacial score (nSPS) is 15.9. The molecule has 0 fully saturated rings. The summed E-state index contributed by atoms with van der Waals surface area (Å²) in [6, 6.07) is 0.455. The highest BCUT2D eigenvalue weighted by Crippen LogP contribution is 2.27. The summed E-state index contributed by atoms with van der Waals surface area (Å²) in [4.78, 5) is 0. The smallest absolute Gasteiger partial charge is 0.207 e. The van der Waals surface area contributed by atoms with Gasteiger partial charge in [0.2, 0.25) is 7.41 Å². The summed E-state index contributed by atoms with van der Waals surface area (Å²) in [5.41, 5.74) is 1.23. The molecular formula is C17H38BN3. The standard InChI is InChI=1S/C17H38BN3/c1-10-13(4)15(20-18-16(6,7)11-2)14(5)21(19)17(8,9)12-3/h14-15,18,20H,4,10-12,19H2,1-3,5-9H3. The van der Waals surface area contributed by atoms with Gasteiger partial charge in [0.25, 0.3) is 0 Å². The first-order valence-corrected chi connectivity index (χ1v) is 8.47. The van der Waals surface area contributed by atoms with Crippen LogP contribution in [0, 0.1) is 0 Å². The van der Waals surface area contributed by atoms with E-state index < -0.39 is 0 Å². The first kappa shape index (κ1) is 20.7. The molecule has 4 heteroatoms. The van der Waals surface area contributed by atoms with Crippen LogP contribution in [-0.4, -0.2) is 30.0 Å². The topological polar surface area (TPSA) is 41.3 Å². The van der Waals surface area contributed by atoms with E-state index in [9.17, 15) is 0 Å². The second-order valence-corrected chi connectivity index (χ2v) is 7.70. The zero-order valence-corrected chi connectivity index (χ0v) is 15.7. The van der Waals surface area contributed by atoms with Crippen LogP contribution in [0.1, 0.15) is 74.7 Å². The van der Waals surface area contributed by atoms with E-state index in [4.69, 9.17) is 5.84 Å². The summed E-state index contributed by atoms with van der Waals surface area (Å²) in [5.74, 6) is 6.42. The van der Waals surface area contributed by atoms with Gasteiger partial charge >= 0.3 is 0 Å². The van der Waals surface area contributed by atoms with E-state index in [0.29, 0.717) is 5.31 Å². The van der Waals surface area contributed by atoms with E-state index in [-0.39, 0.29) is 17.6 Å². The predicted octanol–water partition coefficient (Wildman–Crippen LogP) is 3.62. The minimum atomic E-state index is -0.00631. The van der Waals surface area contributed by atoms with Crippen LogP contribution in [0.2, 0.25) is 5.31 Å². The Morgan fingerprint density at radius 2 is 1.71 bits per heavy atom. The number of hydrogen-bond donors (Lipinski definition) is 2. The highest BCUT2D eigenvalue weighted by molar-refractivity contribution is 6.36. The van der Waals surface area contributed by atoms with Gasteiger partial charge in [-0.1, -0.05) is 53.2 Å². The first-order valence-electron chi connectivity index (χ1n) is 8.47. The summed E-state index contributed by atoms with van der Waals surface area (Å²) in [6.07, 6.45) is 3.17. The maximum absolute atomic E-state index is 6.42. The van der Waals surface area contributed by atoms with Gasteiger partial charge in [-0.15, -0.1) is 0 Å². The van der Waals surface area contributed by atoms with Gasteiger partial charge in [-0.05, 0) is 38.9 Å². The van der Waals surface area contributed by atoms with Crippen molar-refractivity contribution < 1.29 is 0 Å². The molecule has 0 aliphatic rings. The van der Waals surface area contributed by atoms with E-state index in [1.165, 1.54) is 5.57 Å². The SMILES string of the molecule is C=C(CC)C(NBC(C)(C)CC)C(C)N(N)C(C)(C)CC. The lowest BCUT2D eigenvalue weighted by Gasteiger charge is -2.43. The van der Waals surface area contributed by atoms with E-state index >= 15 is 0 Å². The molecule has 0 saturated heterocycles. The van der Waals surface area contributed by atoms with Gasteiger partial charge in [0.05, 0.1) is 0 Å². The van der Waals surface area contributed by atoms with Gasteiger partial charge in [-0.25, -0.2) is 5.01 Å². The quantitative estimate of drug-likeness (QED) is 0.280. The molecule has 0 aliphatic heterocycles. The Hall–Kier alpha value is -0.315. The molecule has 0 saturated carbocycles. The average Bonchev–Trinajstić information content (AvgIpc) is 2.45. The van der Waals surface area contributed by atoms with Gasteiger partial charge < -0.3 is 5.23 Å². The number of hydrogen-bond acceptors (Lipinski definition) is 3. The van der Waals surface area contributed by atoms with Crippen molar-refractivity contribution in [3.63, 3.8) is 0 Å². The number of nitrogens with one attached hydrogen (secondary N) is 1. The molecule has 0 aliphatic carbocycles. The Morgan fingerprint density at radius 1 is 1.19 bits per heavy atom. The fourth-order valence-electron chi connectivity index (χ4n) is 2.28. The van der Waals surface area contributed by atoms with Crippen molar-refractivity contribution in [1.82, 2.24) is 10.2 Å². The van der Waals surface area contributed by atoms with Crippen molar-refractivity contribution >= 4 is 7.41 Å². The van der Waals surface area contributed by atoms with Gasteiger partial charge in [0.15, 0.2) is 0 Å². The second kappa shape index (κ2) is 8.35. The molecular weight excluding hydrogens is 257 g/mol. The van der Waals surface area contributed by atoms with Crippen LogP contribution in [0.5, 0.6) is 0 Å². The number of nitrogens with two attached hydrogens (primary N) is 1. The van der Waals surface area contributed by atoms with E-state index in [1.807, 2.05) is 5.01 Å². The minimum Gasteiger partial charge on any atom is -0.351 e. The Morgan fingerprint density at radius 3 is 2.10 bits per heavy atom. The average molecular weight is 295 g/mol. The Kier molecular flexibility index (Phi) is 8.23. The number of rotatable bonds is 10. The summed E-state index contributed by atoms with van der Waals surface area (Å²) in [6.45, 7) is 22.1. The molecule has 21 heavy (non-hydrogen) atoms. The molecule has 0 aromatic rings. The zero-order chi connectivity index (χ0) is 16.8. The molecule has 0 amide bonds. The predicted molar refractivity (Wildman–Crippen MR) is 97.7 cm³/mol. The molecule has 3 nitrogen and oxygen atoms in total. The van der Waals surface area contributed by atoms with Crippen molar-refractivity contribution in [2.45, 2.75) is 97.6 Å².